The molecule has 2 fully saturated rings. The first-order chi connectivity index (χ1) is 11.3. The van der Waals surface area contributed by atoms with Crippen molar-refractivity contribution in [2.24, 2.45) is 0 Å². The molecule has 2 atom stereocenters. The van der Waals surface area contributed by atoms with Crippen LogP contribution in [0.5, 0.6) is 5.75 Å². The molecule has 0 N–H and O–H groups in total. The van der Waals surface area contributed by atoms with E-state index in [2.05, 4.69) is 31.8 Å². The fourth-order valence-electron chi connectivity index (χ4n) is 3.75. The van der Waals surface area contributed by atoms with Crippen LogP contribution in [0.15, 0.2) is 36.9 Å². The van der Waals surface area contributed by atoms with Gasteiger partial charge in [0.15, 0.2) is 0 Å². The van der Waals surface area contributed by atoms with Crippen LogP contribution in [0.3, 0.4) is 0 Å². The van der Waals surface area contributed by atoms with Crippen LogP contribution in [0.2, 0.25) is 0 Å². The van der Waals surface area contributed by atoms with Gasteiger partial charge in [-0.15, -0.1) is 10.2 Å². The van der Waals surface area contributed by atoms with Gasteiger partial charge < -0.3 is 14.0 Å². The van der Waals surface area contributed by atoms with Gasteiger partial charge in [-0.2, -0.15) is 0 Å². The third kappa shape index (κ3) is 2.96. The van der Waals surface area contributed by atoms with Gasteiger partial charge in [0.2, 0.25) is 0 Å². The fourth-order valence-corrected chi connectivity index (χ4v) is 3.75. The molecule has 1 spiro atoms. The zero-order valence-corrected chi connectivity index (χ0v) is 13.4. The SMILES string of the molecule is COc1ccc(CN2CCC3(CC(n4cnnc4)CO3)C2)cc1. The predicted octanol–water partition coefficient (Wildman–Crippen LogP) is 1.89. The van der Waals surface area contributed by atoms with Gasteiger partial charge >= 0.3 is 0 Å². The van der Waals surface area contributed by atoms with Gasteiger partial charge in [-0.05, 0) is 24.1 Å². The van der Waals surface area contributed by atoms with E-state index in [0.717, 1.165) is 44.8 Å². The van der Waals surface area contributed by atoms with Gasteiger partial charge in [0.05, 0.1) is 25.4 Å². The Hall–Kier alpha value is -1.92. The number of hydrogen-bond acceptors (Lipinski definition) is 5. The first-order valence-corrected chi connectivity index (χ1v) is 8.10. The summed E-state index contributed by atoms with van der Waals surface area (Å²) in [7, 11) is 1.70. The molecule has 23 heavy (non-hydrogen) atoms. The summed E-state index contributed by atoms with van der Waals surface area (Å²) in [5.74, 6) is 0.905. The van der Waals surface area contributed by atoms with E-state index < -0.39 is 0 Å². The van der Waals surface area contributed by atoms with Gasteiger partial charge in [-0.1, -0.05) is 12.1 Å². The summed E-state index contributed by atoms with van der Waals surface area (Å²) in [4.78, 5) is 2.48. The Labute approximate surface area is 136 Å². The largest absolute Gasteiger partial charge is 0.497 e. The zero-order chi connectivity index (χ0) is 15.7. The average molecular weight is 314 g/mol. The van der Waals surface area contributed by atoms with Crippen molar-refractivity contribution in [3.63, 3.8) is 0 Å². The van der Waals surface area contributed by atoms with Crippen LogP contribution in [-0.2, 0) is 11.3 Å². The van der Waals surface area contributed by atoms with E-state index >= 15 is 0 Å². The Balaban J connectivity index is 1.37. The molecule has 2 unspecified atom stereocenters. The van der Waals surface area contributed by atoms with Crippen molar-refractivity contribution >= 4 is 0 Å². The lowest BCUT2D eigenvalue weighted by Crippen LogP contribution is -2.32. The lowest BCUT2D eigenvalue weighted by Gasteiger charge is -2.23. The van der Waals surface area contributed by atoms with E-state index in [1.165, 1.54) is 5.56 Å². The molecule has 1 aromatic heterocycles. The normalized spacial score (nSPS) is 27.8. The standard InChI is InChI=1S/C17H22N4O2/c1-22-16-4-2-14(3-5-16)9-20-7-6-17(11-20)8-15(10-23-17)21-12-18-19-13-21/h2-5,12-13,15H,6-11H2,1H3. The zero-order valence-electron chi connectivity index (χ0n) is 13.4. The summed E-state index contributed by atoms with van der Waals surface area (Å²) >= 11 is 0. The third-order valence-corrected chi connectivity index (χ3v) is 5.01. The van der Waals surface area contributed by atoms with Crippen LogP contribution in [0, 0.1) is 0 Å². The minimum atomic E-state index is 0.00140. The van der Waals surface area contributed by atoms with Crippen molar-refractivity contribution in [1.29, 1.82) is 0 Å². The number of methoxy groups -OCH3 is 1. The smallest absolute Gasteiger partial charge is 0.119 e. The van der Waals surface area contributed by atoms with Crippen molar-refractivity contribution in [2.75, 3.05) is 26.8 Å². The number of ether oxygens (including phenoxy) is 2. The molecule has 3 heterocycles. The number of nitrogens with zero attached hydrogens (tertiary/aromatic N) is 4. The Morgan fingerprint density at radius 2 is 2.04 bits per heavy atom. The highest BCUT2D eigenvalue weighted by molar-refractivity contribution is 5.27. The maximum atomic E-state index is 6.20. The number of benzene rings is 1. The van der Waals surface area contributed by atoms with Crippen LogP contribution in [0.4, 0.5) is 0 Å². The van der Waals surface area contributed by atoms with Crippen molar-refractivity contribution in [1.82, 2.24) is 19.7 Å². The van der Waals surface area contributed by atoms with Crippen LogP contribution in [0.1, 0.15) is 24.4 Å². The van der Waals surface area contributed by atoms with E-state index in [-0.39, 0.29) is 5.60 Å². The molecule has 0 bridgehead atoms. The number of rotatable bonds is 4. The van der Waals surface area contributed by atoms with Crippen LogP contribution in [-0.4, -0.2) is 52.1 Å². The number of likely N-dealkylation sites (tertiary alicyclic amines) is 1. The molecule has 0 amide bonds. The molecule has 6 heteroatoms. The molecule has 0 aliphatic carbocycles. The highest BCUT2D eigenvalue weighted by Gasteiger charge is 2.45. The molecular weight excluding hydrogens is 292 g/mol. The summed E-state index contributed by atoms with van der Waals surface area (Å²) in [6.45, 7) is 3.80. The predicted molar refractivity (Wildman–Crippen MR) is 85.2 cm³/mol. The molecule has 2 saturated heterocycles. The molecule has 122 valence electrons. The highest BCUT2D eigenvalue weighted by atomic mass is 16.5. The van der Waals surface area contributed by atoms with E-state index in [0.29, 0.717) is 6.04 Å². The Bertz CT molecular complexity index is 643. The Morgan fingerprint density at radius 3 is 2.78 bits per heavy atom. The van der Waals surface area contributed by atoms with Gasteiger partial charge in [0.1, 0.15) is 18.4 Å². The molecule has 0 radical (unpaired) electrons. The monoisotopic (exact) mass is 314 g/mol. The third-order valence-electron chi connectivity index (χ3n) is 5.01. The minimum absolute atomic E-state index is 0.00140. The average Bonchev–Trinajstić information content (AvgIpc) is 3.31. The van der Waals surface area contributed by atoms with Crippen molar-refractivity contribution in [3.05, 3.63) is 42.5 Å². The lowest BCUT2D eigenvalue weighted by atomic mass is 9.97. The molecule has 2 aliphatic rings. The van der Waals surface area contributed by atoms with E-state index in [9.17, 15) is 0 Å². The quantitative estimate of drug-likeness (QED) is 0.862. The molecule has 6 nitrogen and oxygen atoms in total. The van der Waals surface area contributed by atoms with Gasteiger partial charge in [0.25, 0.3) is 0 Å². The summed E-state index contributed by atoms with van der Waals surface area (Å²) in [6, 6.07) is 8.69. The van der Waals surface area contributed by atoms with Gasteiger partial charge in [-0.3, -0.25) is 4.90 Å². The molecule has 0 saturated carbocycles. The minimum Gasteiger partial charge on any atom is -0.497 e. The summed E-state index contributed by atoms with van der Waals surface area (Å²) < 4.78 is 13.5. The van der Waals surface area contributed by atoms with Crippen molar-refractivity contribution < 1.29 is 9.47 Å². The molecule has 2 aromatic rings. The molecular formula is C17H22N4O2. The number of aromatic nitrogens is 3. The van der Waals surface area contributed by atoms with E-state index in [1.54, 1.807) is 19.8 Å². The second-order valence-corrected chi connectivity index (χ2v) is 6.57. The van der Waals surface area contributed by atoms with E-state index in [4.69, 9.17) is 9.47 Å². The second kappa shape index (κ2) is 5.94. The van der Waals surface area contributed by atoms with E-state index in [1.807, 2.05) is 12.1 Å². The topological polar surface area (TPSA) is 52.4 Å². The number of hydrogen-bond donors (Lipinski definition) is 0. The Kier molecular flexibility index (Phi) is 3.79. The summed E-state index contributed by atoms with van der Waals surface area (Å²) in [5, 5.41) is 7.81. The fraction of sp³-hybridized carbons (Fsp3) is 0.529. The second-order valence-electron chi connectivity index (χ2n) is 6.57. The maximum absolute atomic E-state index is 6.20. The van der Waals surface area contributed by atoms with Crippen molar-refractivity contribution in [3.8, 4) is 5.75 Å². The van der Waals surface area contributed by atoms with Crippen LogP contribution in [0.25, 0.3) is 0 Å². The first kappa shape index (κ1) is 14.7. The first-order valence-electron chi connectivity index (χ1n) is 8.10. The van der Waals surface area contributed by atoms with Crippen LogP contribution < -0.4 is 4.74 Å². The molecule has 1 aromatic carbocycles. The van der Waals surface area contributed by atoms with Gasteiger partial charge in [-0.25, -0.2) is 0 Å². The highest BCUT2D eigenvalue weighted by Crippen LogP contribution is 2.40. The summed E-state index contributed by atoms with van der Waals surface area (Å²) in [6.07, 6.45) is 5.72. The Morgan fingerprint density at radius 1 is 1.26 bits per heavy atom. The summed E-state index contributed by atoms with van der Waals surface area (Å²) in [5.41, 5.74) is 1.32. The van der Waals surface area contributed by atoms with Crippen LogP contribution >= 0.6 is 0 Å². The molecule has 4 rings (SSSR count). The molecule has 2 aliphatic heterocycles. The lowest BCUT2D eigenvalue weighted by molar-refractivity contribution is 0.0112. The van der Waals surface area contributed by atoms with Crippen molar-refractivity contribution in [2.45, 2.75) is 31.0 Å². The van der Waals surface area contributed by atoms with Gasteiger partial charge in [0, 0.05) is 26.1 Å². The maximum Gasteiger partial charge on any atom is 0.119 e.